The predicted molar refractivity (Wildman–Crippen MR) is 128 cm³/mol. The molecule has 0 spiro atoms. The number of rotatable bonds is 5. The van der Waals surface area contributed by atoms with E-state index in [0.717, 1.165) is 23.2 Å². The zero-order valence-electron chi connectivity index (χ0n) is 17.4. The number of allylic oxidation sites excluding steroid dienone is 2. The average Bonchev–Trinajstić information content (AvgIpc) is 3.29. The normalized spacial score (nSPS) is 21.1. The van der Waals surface area contributed by atoms with Crippen LogP contribution in [0.15, 0.2) is 83.8 Å². The lowest BCUT2D eigenvalue weighted by Gasteiger charge is -2.37. The van der Waals surface area contributed by atoms with Crippen molar-refractivity contribution in [3.63, 3.8) is 0 Å². The van der Waals surface area contributed by atoms with Gasteiger partial charge in [0.1, 0.15) is 0 Å². The Morgan fingerprint density at radius 3 is 2.45 bits per heavy atom. The van der Waals surface area contributed by atoms with Crippen molar-refractivity contribution in [1.82, 2.24) is 0 Å². The molecule has 6 nitrogen and oxygen atoms in total. The average molecular weight is 481 g/mol. The van der Waals surface area contributed by atoms with Crippen molar-refractivity contribution in [3.05, 3.63) is 101 Å². The van der Waals surface area contributed by atoms with Gasteiger partial charge in [0.05, 0.1) is 16.5 Å². The highest BCUT2D eigenvalue weighted by atomic mass is 35.5. The monoisotopic (exact) mass is 480 g/mol. The van der Waals surface area contributed by atoms with Gasteiger partial charge in [0.15, 0.2) is 0 Å². The lowest BCUT2D eigenvalue weighted by atomic mass is 9.77. The van der Waals surface area contributed by atoms with Crippen molar-refractivity contribution in [2.24, 2.45) is 5.92 Å². The van der Waals surface area contributed by atoms with Gasteiger partial charge in [0.25, 0.3) is 10.0 Å². The van der Waals surface area contributed by atoms with E-state index in [-0.39, 0.29) is 28.3 Å². The second-order valence-corrected chi connectivity index (χ2v) is 10.4. The van der Waals surface area contributed by atoms with Gasteiger partial charge in [-0.2, -0.15) is 0 Å². The number of anilines is 2. The highest BCUT2D eigenvalue weighted by Gasteiger charge is 2.38. The van der Waals surface area contributed by atoms with Crippen LogP contribution >= 0.6 is 11.6 Å². The Bertz CT molecular complexity index is 1350. The van der Waals surface area contributed by atoms with Crippen LogP contribution in [0.3, 0.4) is 0 Å². The van der Waals surface area contributed by atoms with E-state index in [2.05, 4.69) is 22.2 Å². The van der Waals surface area contributed by atoms with E-state index in [1.807, 2.05) is 30.3 Å². The van der Waals surface area contributed by atoms with E-state index < -0.39 is 16.0 Å². The maximum Gasteiger partial charge on any atom is 0.335 e. The SMILES string of the molecule is O=C(O)c1ccc(NS(=O)(=O)c2ccc3c(c2)[C@H]2C=CC[C@@H]2[C@@H](c2ccc(Cl)cc2)N3)cc1. The van der Waals surface area contributed by atoms with E-state index in [9.17, 15) is 13.2 Å². The number of benzene rings is 3. The molecule has 0 saturated heterocycles. The first-order valence-corrected chi connectivity index (χ1v) is 12.4. The molecule has 168 valence electrons. The third-order valence-corrected chi connectivity index (χ3v) is 7.89. The molecule has 0 radical (unpaired) electrons. The van der Waals surface area contributed by atoms with E-state index in [0.29, 0.717) is 10.7 Å². The summed E-state index contributed by atoms with van der Waals surface area (Å²) in [6.45, 7) is 0. The topological polar surface area (TPSA) is 95.5 Å². The molecule has 1 heterocycles. The molecular weight excluding hydrogens is 460 g/mol. The van der Waals surface area contributed by atoms with Gasteiger partial charge in [0, 0.05) is 22.3 Å². The number of fused-ring (bicyclic) bond motifs is 3. The molecule has 1 aliphatic carbocycles. The number of hydrogen-bond donors (Lipinski definition) is 3. The summed E-state index contributed by atoms with van der Waals surface area (Å²) in [7, 11) is -3.84. The number of carboxylic acid groups (broad SMARTS) is 1. The molecule has 2 aliphatic rings. The summed E-state index contributed by atoms with van der Waals surface area (Å²) in [6.07, 6.45) is 5.20. The third kappa shape index (κ3) is 4.10. The molecule has 1 aliphatic heterocycles. The van der Waals surface area contributed by atoms with Crippen LogP contribution in [0.25, 0.3) is 0 Å². The molecule has 3 aromatic rings. The van der Waals surface area contributed by atoms with Crippen LogP contribution in [-0.2, 0) is 10.0 Å². The van der Waals surface area contributed by atoms with Crippen LogP contribution < -0.4 is 10.0 Å². The number of aromatic carboxylic acids is 1. The molecule has 3 atom stereocenters. The summed E-state index contributed by atoms with van der Waals surface area (Å²) in [4.78, 5) is 11.2. The molecule has 3 N–H and O–H groups in total. The minimum Gasteiger partial charge on any atom is -0.478 e. The van der Waals surface area contributed by atoms with Crippen molar-refractivity contribution in [2.45, 2.75) is 23.3 Å². The fourth-order valence-corrected chi connectivity index (χ4v) is 5.85. The van der Waals surface area contributed by atoms with Gasteiger partial charge >= 0.3 is 5.97 Å². The number of carbonyl (C=O) groups is 1. The van der Waals surface area contributed by atoms with Crippen LogP contribution in [0.2, 0.25) is 5.02 Å². The first kappa shape index (κ1) is 21.6. The molecule has 3 aromatic carbocycles. The second kappa shape index (κ2) is 8.24. The molecule has 0 fully saturated rings. The summed E-state index contributed by atoms with van der Waals surface area (Å²) < 4.78 is 28.6. The van der Waals surface area contributed by atoms with Crippen LogP contribution in [0, 0.1) is 5.92 Å². The third-order valence-electron chi connectivity index (χ3n) is 6.26. The van der Waals surface area contributed by atoms with E-state index in [1.54, 1.807) is 12.1 Å². The maximum absolute atomic E-state index is 13.0. The standard InChI is InChI=1S/C25H21ClN2O4S/c26-17-8-4-15(5-9-17)24-21-3-1-2-20(21)22-14-19(12-13-23(22)27-24)33(31,32)28-18-10-6-16(7-11-18)25(29)30/h1-2,4-14,20-21,24,27-28H,3H2,(H,29,30)/t20-,21-,24+/m0/s1. The van der Waals surface area contributed by atoms with Gasteiger partial charge in [0.2, 0.25) is 0 Å². The molecule has 0 bridgehead atoms. The molecular formula is C25H21ClN2O4S. The van der Waals surface area contributed by atoms with Crippen LogP contribution in [0.5, 0.6) is 0 Å². The lowest BCUT2D eigenvalue weighted by Crippen LogP contribution is -2.29. The predicted octanol–water partition coefficient (Wildman–Crippen LogP) is 5.67. The second-order valence-electron chi connectivity index (χ2n) is 8.26. The maximum atomic E-state index is 13.0. The quantitative estimate of drug-likeness (QED) is 0.409. The summed E-state index contributed by atoms with van der Waals surface area (Å²) in [5.41, 5.74) is 3.40. The van der Waals surface area contributed by atoms with E-state index in [4.69, 9.17) is 16.7 Å². The smallest absolute Gasteiger partial charge is 0.335 e. The summed E-state index contributed by atoms with van der Waals surface area (Å²) in [5.74, 6) is -0.692. The van der Waals surface area contributed by atoms with Gasteiger partial charge in [-0.15, -0.1) is 0 Å². The summed E-state index contributed by atoms with van der Waals surface area (Å²) in [5, 5.41) is 13.3. The minimum absolute atomic E-state index is 0.0899. The Hall–Kier alpha value is -3.29. The van der Waals surface area contributed by atoms with Gasteiger partial charge in [-0.25, -0.2) is 13.2 Å². The van der Waals surface area contributed by atoms with Crippen LogP contribution in [0.4, 0.5) is 11.4 Å². The van der Waals surface area contributed by atoms with Gasteiger partial charge in [-0.05, 0) is 78.1 Å². The summed E-state index contributed by atoms with van der Waals surface area (Å²) >= 11 is 6.06. The highest BCUT2D eigenvalue weighted by molar-refractivity contribution is 7.92. The van der Waals surface area contributed by atoms with Gasteiger partial charge in [-0.3, -0.25) is 4.72 Å². The first-order chi connectivity index (χ1) is 15.8. The number of nitrogens with one attached hydrogen (secondary N) is 2. The highest BCUT2D eigenvalue weighted by Crippen LogP contribution is 2.50. The molecule has 8 heteroatoms. The molecule has 0 saturated carbocycles. The van der Waals surface area contributed by atoms with Crippen LogP contribution in [0.1, 0.15) is 39.9 Å². The van der Waals surface area contributed by atoms with Crippen molar-refractivity contribution in [3.8, 4) is 0 Å². The minimum atomic E-state index is -3.84. The van der Waals surface area contributed by atoms with Crippen molar-refractivity contribution < 1.29 is 18.3 Å². The fraction of sp³-hybridized carbons (Fsp3) is 0.160. The Morgan fingerprint density at radius 1 is 1.03 bits per heavy atom. The molecule has 5 rings (SSSR count). The van der Waals surface area contributed by atoms with Gasteiger partial charge in [-0.1, -0.05) is 35.9 Å². The van der Waals surface area contributed by atoms with E-state index in [1.165, 1.54) is 24.3 Å². The van der Waals surface area contributed by atoms with Crippen molar-refractivity contribution in [1.29, 1.82) is 0 Å². The first-order valence-electron chi connectivity index (χ1n) is 10.5. The number of carboxylic acids is 1. The van der Waals surface area contributed by atoms with E-state index >= 15 is 0 Å². The van der Waals surface area contributed by atoms with Crippen molar-refractivity contribution in [2.75, 3.05) is 10.0 Å². The Kier molecular flexibility index (Phi) is 5.38. The number of hydrogen-bond acceptors (Lipinski definition) is 4. The lowest BCUT2D eigenvalue weighted by molar-refractivity contribution is 0.0697. The molecule has 33 heavy (non-hydrogen) atoms. The van der Waals surface area contributed by atoms with Crippen molar-refractivity contribution >= 4 is 39.0 Å². The summed E-state index contributed by atoms with van der Waals surface area (Å²) in [6, 6.07) is 18.6. The number of sulfonamides is 1. The largest absolute Gasteiger partial charge is 0.478 e. The zero-order valence-corrected chi connectivity index (χ0v) is 19.0. The Balaban J connectivity index is 1.45. The van der Waals surface area contributed by atoms with Crippen LogP contribution in [-0.4, -0.2) is 19.5 Å². The van der Waals surface area contributed by atoms with Gasteiger partial charge < -0.3 is 10.4 Å². The fourth-order valence-electron chi connectivity index (χ4n) is 4.63. The zero-order chi connectivity index (χ0) is 23.2. The molecule has 0 amide bonds. The molecule has 0 aromatic heterocycles. The Labute approximate surface area is 197 Å². The Morgan fingerprint density at radius 2 is 1.76 bits per heavy atom. The number of halogens is 1. The molecule has 0 unspecified atom stereocenters.